The van der Waals surface area contributed by atoms with E-state index in [4.69, 9.17) is 11.6 Å². The van der Waals surface area contributed by atoms with E-state index < -0.39 is 0 Å². The van der Waals surface area contributed by atoms with E-state index in [0.717, 1.165) is 25.9 Å². The van der Waals surface area contributed by atoms with Crippen LogP contribution in [0.2, 0.25) is 0 Å². The maximum Gasteiger partial charge on any atom is 0.0494 e. The third-order valence-corrected chi connectivity index (χ3v) is 4.35. The number of nitrogens with zero attached hydrogens (tertiary/aromatic N) is 1. The number of rotatable bonds is 1. The van der Waals surface area contributed by atoms with Crippen LogP contribution in [-0.2, 0) is 0 Å². The molecular formula is C8H15ClIN. The predicted molar refractivity (Wildman–Crippen MR) is 58.2 cm³/mol. The summed E-state index contributed by atoms with van der Waals surface area (Å²) in [6, 6.07) is 0. The van der Waals surface area contributed by atoms with E-state index in [1.165, 1.54) is 0 Å². The summed E-state index contributed by atoms with van der Waals surface area (Å²) < 4.78 is 2.32. The maximum absolute atomic E-state index is 6.45. The Bertz CT molecular complexity index is 130. The van der Waals surface area contributed by atoms with Crippen LogP contribution in [0.5, 0.6) is 0 Å². The van der Waals surface area contributed by atoms with Crippen molar-refractivity contribution >= 4 is 34.5 Å². The molecule has 0 saturated carbocycles. The second-order valence-electron chi connectivity index (χ2n) is 3.60. The van der Waals surface area contributed by atoms with Crippen LogP contribution in [0, 0.1) is 5.92 Å². The van der Waals surface area contributed by atoms with Crippen LogP contribution in [0.1, 0.15) is 26.7 Å². The topological polar surface area (TPSA) is 3.24 Å². The minimum absolute atomic E-state index is 0.0850. The molecule has 0 radical (unpaired) electrons. The molecule has 0 bridgehead atoms. The quantitative estimate of drug-likeness (QED) is 0.407. The van der Waals surface area contributed by atoms with Gasteiger partial charge in [0, 0.05) is 40.8 Å². The first kappa shape index (κ1) is 10.1. The van der Waals surface area contributed by atoms with Crippen LogP contribution in [0.15, 0.2) is 0 Å². The first-order valence-corrected chi connectivity index (χ1v) is 5.48. The lowest BCUT2D eigenvalue weighted by atomic mass is 9.86. The van der Waals surface area contributed by atoms with Crippen LogP contribution in [0.3, 0.4) is 0 Å². The summed E-state index contributed by atoms with van der Waals surface area (Å²) in [4.78, 5) is 0.0850. The Morgan fingerprint density at radius 1 is 1.36 bits per heavy atom. The lowest BCUT2D eigenvalue weighted by Crippen LogP contribution is -2.40. The Labute approximate surface area is 88.0 Å². The number of piperidine rings is 1. The molecule has 0 aromatic heterocycles. The van der Waals surface area contributed by atoms with Crippen molar-refractivity contribution < 1.29 is 0 Å². The SMILES string of the molecule is CC(C)C1(Cl)CCN(I)CC1. The molecule has 3 heteroatoms. The van der Waals surface area contributed by atoms with Crippen LogP contribution in [0.4, 0.5) is 0 Å². The van der Waals surface area contributed by atoms with Gasteiger partial charge in [-0.05, 0) is 18.8 Å². The molecule has 1 rings (SSSR count). The highest BCUT2D eigenvalue weighted by molar-refractivity contribution is 14.1. The molecule has 1 fully saturated rings. The van der Waals surface area contributed by atoms with Crippen molar-refractivity contribution in [2.75, 3.05) is 13.1 Å². The highest BCUT2D eigenvalue weighted by atomic mass is 127. The first-order chi connectivity index (χ1) is 5.04. The summed E-state index contributed by atoms with van der Waals surface area (Å²) in [7, 11) is 0. The highest BCUT2D eigenvalue weighted by Gasteiger charge is 2.34. The molecule has 0 aromatic rings. The van der Waals surface area contributed by atoms with E-state index in [1.807, 2.05) is 0 Å². The van der Waals surface area contributed by atoms with E-state index in [9.17, 15) is 0 Å². The molecule has 0 aromatic carbocycles. The monoisotopic (exact) mass is 287 g/mol. The third kappa shape index (κ3) is 2.46. The molecular weight excluding hydrogens is 272 g/mol. The van der Waals surface area contributed by atoms with E-state index in [1.54, 1.807) is 0 Å². The number of hydrogen-bond donors (Lipinski definition) is 0. The largest absolute Gasteiger partial charge is 0.247 e. The van der Waals surface area contributed by atoms with Gasteiger partial charge < -0.3 is 0 Å². The van der Waals surface area contributed by atoms with Gasteiger partial charge in [0.25, 0.3) is 0 Å². The molecule has 1 nitrogen and oxygen atoms in total. The summed E-state index contributed by atoms with van der Waals surface area (Å²) >= 11 is 8.82. The lowest BCUT2D eigenvalue weighted by Gasteiger charge is -2.37. The van der Waals surface area contributed by atoms with Crippen molar-refractivity contribution in [1.82, 2.24) is 3.11 Å². The molecule has 66 valence electrons. The van der Waals surface area contributed by atoms with Gasteiger partial charge in [-0.15, -0.1) is 11.6 Å². The summed E-state index contributed by atoms with van der Waals surface area (Å²) in [6.45, 7) is 6.72. The Hall–Kier alpha value is 0.980. The van der Waals surface area contributed by atoms with Gasteiger partial charge in [0.1, 0.15) is 0 Å². The van der Waals surface area contributed by atoms with Gasteiger partial charge in [-0.3, -0.25) is 0 Å². The van der Waals surface area contributed by atoms with E-state index in [0.29, 0.717) is 5.92 Å². The molecule has 1 aliphatic heterocycles. The minimum Gasteiger partial charge on any atom is -0.247 e. The van der Waals surface area contributed by atoms with Gasteiger partial charge in [0.2, 0.25) is 0 Å². The van der Waals surface area contributed by atoms with Gasteiger partial charge in [-0.25, -0.2) is 3.11 Å². The number of halogens is 2. The lowest BCUT2D eigenvalue weighted by molar-refractivity contribution is 0.276. The van der Waals surface area contributed by atoms with Crippen molar-refractivity contribution in [1.29, 1.82) is 0 Å². The predicted octanol–water partition coefficient (Wildman–Crippen LogP) is 3.07. The molecule has 11 heavy (non-hydrogen) atoms. The van der Waals surface area contributed by atoms with Crippen molar-refractivity contribution in [3.8, 4) is 0 Å². The van der Waals surface area contributed by atoms with Crippen molar-refractivity contribution in [3.05, 3.63) is 0 Å². The molecule has 0 unspecified atom stereocenters. The van der Waals surface area contributed by atoms with E-state index in [2.05, 4.69) is 39.8 Å². The molecule has 0 spiro atoms. The van der Waals surface area contributed by atoms with Crippen molar-refractivity contribution in [3.63, 3.8) is 0 Å². The van der Waals surface area contributed by atoms with Crippen molar-refractivity contribution in [2.45, 2.75) is 31.6 Å². The summed E-state index contributed by atoms with van der Waals surface area (Å²) in [6.07, 6.45) is 2.27. The Morgan fingerprint density at radius 2 is 1.82 bits per heavy atom. The molecule has 0 atom stereocenters. The normalized spacial score (nSPS) is 25.9. The zero-order valence-corrected chi connectivity index (χ0v) is 10.0. The second-order valence-corrected chi connectivity index (χ2v) is 5.72. The fourth-order valence-corrected chi connectivity index (χ4v) is 2.08. The smallest absolute Gasteiger partial charge is 0.0494 e. The van der Waals surface area contributed by atoms with Crippen LogP contribution >= 0.6 is 34.5 Å². The number of hydrogen-bond acceptors (Lipinski definition) is 1. The fraction of sp³-hybridized carbons (Fsp3) is 1.00. The van der Waals surface area contributed by atoms with Gasteiger partial charge in [0.05, 0.1) is 0 Å². The highest BCUT2D eigenvalue weighted by Crippen LogP contribution is 2.36. The molecule has 1 aliphatic rings. The van der Waals surface area contributed by atoms with Crippen LogP contribution < -0.4 is 0 Å². The molecule has 0 aliphatic carbocycles. The van der Waals surface area contributed by atoms with Gasteiger partial charge in [-0.2, -0.15) is 0 Å². The summed E-state index contributed by atoms with van der Waals surface area (Å²) in [5.74, 6) is 0.606. The second kappa shape index (κ2) is 3.79. The zero-order valence-electron chi connectivity index (χ0n) is 7.11. The third-order valence-electron chi connectivity index (χ3n) is 2.57. The summed E-state index contributed by atoms with van der Waals surface area (Å²) in [5, 5.41) is 0. The van der Waals surface area contributed by atoms with E-state index in [-0.39, 0.29) is 4.87 Å². The Balaban J connectivity index is 2.48. The van der Waals surface area contributed by atoms with Crippen molar-refractivity contribution in [2.24, 2.45) is 5.92 Å². The standard InChI is InChI=1S/C8H15ClIN/c1-7(2)8(9)3-5-11(10)6-4-8/h7H,3-6H2,1-2H3. The van der Waals surface area contributed by atoms with Crippen LogP contribution in [-0.4, -0.2) is 21.1 Å². The number of alkyl halides is 1. The van der Waals surface area contributed by atoms with Crippen LogP contribution in [0.25, 0.3) is 0 Å². The Morgan fingerprint density at radius 3 is 2.18 bits per heavy atom. The van der Waals surface area contributed by atoms with Gasteiger partial charge >= 0.3 is 0 Å². The molecule has 0 amide bonds. The van der Waals surface area contributed by atoms with Gasteiger partial charge in [-0.1, -0.05) is 13.8 Å². The van der Waals surface area contributed by atoms with Gasteiger partial charge in [0.15, 0.2) is 0 Å². The first-order valence-electron chi connectivity index (χ1n) is 4.14. The minimum atomic E-state index is 0.0850. The van der Waals surface area contributed by atoms with E-state index >= 15 is 0 Å². The Kier molecular flexibility index (Phi) is 3.47. The fourth-order valence-electron chi connectivity index (χ4n) is 1.43. The molecule has 1 saturated heterocycles. The average Bonchev–Trinajstić information content (AvgIpc) is 1.95. The summed E-state index contributed by atoms with van der Waals surface area (Å²) in [5.41, 5.74) is 0. The average molecular weight is 288 g/mol. The molecule has 1 heterocycles. The molecule has 0 N–H and O–H groups in total. The maximum atomic E-state index is 6.45. The zero-order chi connectivity index (χ0) is 8.48.